The van der Waals surface area contributed by atoms with E-state index >= 15 is 0 Å². The van der Waals surface area contributed by atoms with Crippen LogP contribution in [-0.2, 0) is 0 Å². The fraction of sp³-hybridized carbons (Fsp3) is 0.818. The molecule has 1 fully saturated rings. The summed E-state index contributed by atoms with van der Waals surface area (Å²) in [6.45, 7) is 2.24. The Balaban J connectivity index is 2.17. The van der Waals surface area contributed by atoms with Crippen molar-refractivity contribution in [2.45, 2.75) is 44.8 Å². The number of fused-ring (bicyclic) bond motifs is 1. The van der Waals surface area contributed by atoms with Crippen LogP contribution < -0.4 is 0 Å². The molecule has 0 heterocycles. The molecule has 4 atom stereocenters. The first-order chi connectivity index (χ1) is 6.10. The maximum absolute atomic E-state index is 9.54. The standard InChI is InChI=1S/C11H18O2/c1-11-4-2-9(12)6-8(11)7-10(13)3-5-11/h2,4,8-10,12-13H,3,5-7H2,1H3/t8-,9+,10+,11-/m1/s1. The zero-order valence-corrected chi connectivity index (χ0v) is 8.11. The molecule has 0 aliphatic heterocycles. The second kappa shape index (κ2) is 3.10. The van der Waals surface area contributed by atoms with Gasteiger partial charge in [-0.15, -0.1) is 0 Å². The molecule has 2 nitrogen and oxygen atoms in total. The number of aliphatic hydroxyl groups excluding tert-OH is 2. The Bertz CT molecular complexity index is 224. The molecule has 13 heavy (non-hydrogen) atoms. The van der Waals surface area contributed by atoms with Crippen LogP contribution in [0, 0.1) is 11.3 Å². The maximum Gasteiger partial charge on any atom is 0.0724 e. The van der Waals surface area contributed by atoms with E-state index < -0.39 is 0 Å². The average molecular weight is 182 g/mol. The molecule has 2 heteroatoms. The molecule has 0 spiro atoms. The molecule has 0 aromatic rings. The van der Waals surface area contributed by atoms with E-state index in [0.29, 0.717) is 5.92 Å². The van der Waals surface area contributed by atoms with Gasteiger partial charge >= 0.3 is 0 Å². The normalized spacial score (nSPS) is 50.2. The third kappa shape index (κ3) is 1.65. The molecule has 2 N–H and O–H groups in total. The lowest BCUT2D eigenvalue weighted by Crippen LogP contribution is -2.39. The summed E-state index contributed by atoms with van der Waals surface area (Å²) in [4.78, 5) is 0. The van der Waals surface area contributed by atoms with E-state index in [1.54, 1.807) is 0 Å². The van der Waals surface area contributed by atoms with E-state index in [9.17, 15) is 10.2 Å². The summed E-state index contributed by atoms with van der Waals surface area (Å²) >= 11 is 0. The van der Waals surface area contributed by atoms with Gasteiger partial charge in [0.25, 0.3) is 0 Å². The lowest BCUT2D eigenvalue weighted by atomic mass is 9.62. The summed E-state index contributed by atoms with van der Waals surface area (Å²) in [5.41, 5.74) is 0.235. The second-order valence-electron chi connectivity index (χ2n) is 4.79. The van der Waals surface area contributed by atoms with Gasteiger partial charge in [-0.3, -0.25) is 0 Å². The minimum atomic E-state index is -0.289. The van der Waals surface area contributed by atoms with Crippen LogP contribution in [0.1, 0.15) is 32.6 Å². The quantitative estimate of drug-likeness (QED) is 0.557. The SMILES string of the molecule is C[C@]12C=C[C@H](O)C[C@@H]1C[C@@H](O)CC2. The second-order valence-corrected chi connectivity index (χ2v) is 4.79. The molecular weight excluding hydrogens is 164 g/mol. The van der Waals surface area contributed by atoms with E-state index in [-0.39, 0.29) is 17.6 Å². The predicted octanol–water partition coefficient (Wildman–Crippen LogP) is 1.47. The van der Waals surface area contributed by atoms with Crippen molar-refractivity contribution < 1.29 is 10.2 Å². The summed E-state index contributed by atoms with van der Waals surface area (Å²) in [7, 11) is 0. The minimum Gasteiger partial charge on any atom is -0.393 e. The molecular formula is C11H18O2. The van der Waals surface area contributed by atoms with Gasteiger partial charge in [0.05, 0.1) is 12.2 Å². The van der Waals surface area contributed by atoms with Crippen LogP contribution in [0.3, 0.4) is 0 Å². The van der Waals surface area contributed by atoms with E-state index in [2.05, 4.69) is 13.0 Å². The topological polar surface area (TPSA) is 40.5 Å². The van der Waals surface area contributed by atoms with Crippen LogP contribution >= 0.6 is 0 Å². The summed E-state index contributed by atoms with van der Waals surface area (Å²) in [6.07, 6.45) is 7.28. The van der Waals surface area contributed by atoms with Crippen LogP contribution in [0.15, 0.2) is 12.2 Å². The zero-order chi connectivity index (χ0) is 9.47. The first kappa shape index (κ1) is 9.22. The van der Waals surface area contributed by atoms with E-state index in [0.717, 1.165) is 25.7 Å². The first-order valence-electron chi connectivity index (χ1n) is 5.16. The van der Waals surface area contributed by atoms with E-state index in [1.165, 1.54) is 0 Å². The Morgan fingerprint density at radius 1 is 1.31 bits per heavy atom. The van der Waals surface area contributed by atoms with Gasteiger partial charge in [-0.05, 0) is 37.0 Å². The molecule has 0 unspecified atom stereocenters. The number of rotatable bonds is 0. The van der Waals surface area contributed by atoms with Crippen LogP contribution in [0.4, 0.5) is 0 Å². The van der Waals surface area contributed by atoms with E-state index in [4.69, 9.17) is 0 Å². The molecule has 0 saturated heterocycles. The van der Waals surface area contributed by atoms with Crippen LogP contribution in [0.2, 0.25) is 0 Å². The highest BCUT2D eigenvalue weighted by atomic mass is 16.3. The van der Waals surface area contributed by atoms with Crippen molar-refractivity contribution in [3.05, 3.63) is 12.2 Å². The molecule has 74 valence electrons. The molecule has 2 aliphatic rings. The van der Waals surface area contributed by atoms with E-state index in [1.807, 2.05) is 6.08 Å². The lowest BCUT2D eigenvalue weighted by Gasteiger charge is -2.44. The Kier molecular flexibility index (Phi) is 2.20. The highest BCUT2D eigenvalue weighted by molar-refractivity contribution is 5.10. The largest absolute Gasteiger partial charge is 0.393 e. The number of hydrogen-bond donors (Lipinski definition) is 2. The fourth-order valence-electron chi connectivity index (χ4n) is 2.68. The van der Waals surface area contributed by atoms with Crippen LogP contribution in [0.5, 0.6) is 0 Å². The van der Waals surface area contributed by atoms with Gasteiger partial charge in [-0.1, -0.05) is 19.1 Å². The van der Waals surface area contributed by atoms with Crippen molar-refractivity contribution in [3.8, 4) is 0 Å². The van der Waals surface area contributed by atoms with Crippen LogP contribution in [-0.4, -0.2) is 22.4 Å². The summed E-state index contributed by atoms with van der Waals surface area (Å²) in [6, 6.07) is 0. The first-order valence-corrected chi connectivity index (χ1v) is 5.16. The Morgan fingerprint density at radius 3 is 2.85 bits per heavy atom. The molecule has 0 amide bonds. The van der Waals surface area contributed by atoms with Gasteiger partial charge in [0.2, 0.25) is 0 Å². The smallest absolute Gasteiger partial charge is 0.0724 e. The molecule has 1 saturated carbocycles. The highest BCUT2D eigenvalue weighted by Crippen LogP contribution is 2.46. The molecule has 2 rings (SSSR count). The maximum atomic E-state index is 9.54. The fourth-order valence-corrected chi connectivity index (χ4v) is 2.68. The Hall–Kier alpha value is -0.340. The van der Waals surface area contributed by atoms with Gasteiger partial charge in [0.1, 0.15) is 0 Å². The van der Waals surface area contributed by atoms with Crippen molar-refractivity contribution in [2.24, 2.45) is 11.3 Å². The minimum absolute atomic E-state index is 0.142. The number of aliphatic hydroxyl groups is 2. The van der Waals surface area contributed by atoms with Gasteiger partial charge in [0, 0.05) is 0 Å². The average Bonchev–Trinajstić information content (AvgIpc) is 2.08. The van der Waals surface area contributed by atoms with Crippen molar-refractivity contribution in [1.82, 2.24) is 0 Å². The summed E-state index contributed by atoms with van der Waals surface area (Å²) in [5, 5.41) is 19.0. The molecule has 0 radical (unpaired) electrons. The van der Waals surface area contributed by atoms with Gasteiger partial charge in [0.15, 0.2) is 0 Å². The highest BCUT2D eigenvalue weighted by Gasteiger charge is 2.40. The van der Waals surface area contributed by atoms with Gasteiger partial charge in [-0.25, -0.2) is 0 Å². The van der Waals surface area contributed by atoms with Crippen molar-refractivity contribution in [3.63, 3.8) is 0 Å². The summed E-state index contributed by atoms with van der Waals surface area (Å²) < 4.78 is 0. The van der Waals surface area contributed by atoms with Crippen molar-refractivity contribution in [1.29, 1.82) is 0 Å². The van der Waals surface area contributed by atoms with Crippen molar-refractivity contribution >= 4 is 0 Å². The van der Waals surface area contributed by atoms with Gasteiger partial charge in [-0.2, -0.15) is 0 Å². The van der Waals surface area contributed by atoms with Gasteiger partial charge < -0.3 is 10.2 Å². The molecule has 2 aliphatic carbocycles. The predicted molar refractivity (Wildman–Crippen MR) is 51.2 cm³/mol. The van der Waals surface area contributed by atoms with Crippen LogP contribution in [0.25, 0.3) is 0 Å². The molecule has 0 bridgehead atoms. The number of allylic oxidation sites excluding steroid dienone is 1. The summed E-state index contributed by atoms with van der Waals surface area (Å²) in [5.74, 6) is 0.469. The third-order valence-corrected chi connectivity index (χ3v) is 3.73. The Morgan fingerprint density at radius 2 is 2.08 bits per heavy atom. The monoisotopic (exact) mass is 182 g/mol. The Labute approximate surface area is 79.3 Å². The molecule has 0 aromatic heterocycles. The number of hydrogen-bond acceptors (Lipinski definition) is 2. The lowest BCUT2D eigenvalue weighted by molar-refractivity contribution is 0.0147. The molecule has 0 aromatic carbocycles. The third-order valence-electron chi connectivity index (χ3n) is 3.73. The zero-order valence-electron chi connectivity index (χ0n) is 8.11. The van der Waals surface area contributed by atoms with Crippen molar-refractivity contribution in [2.75, 3.05) is 0 Å².